The summed E-state index contributed by atoms with van der Waals surface area (Å²) < 4.78 is 7.65. The number of hydrogen-bond donors (Lipinski definition) is 0. The van der Waals surface area contributed by atoms with Gasteiger partial charge in [0.25, 0.3) is 0 Å². The predicted octanol–water partition coefficient (Wildman–Crippen LogP) is 5.94. The molecule has 1 atom stereocenters. The molecule has 2 heterocycles. The zero-order valence-electron chi connectivity index (χ0n) is 17.5. The van der Waals surface area contributed by atoms with Crippen molar-refractivity contribution in [2.24, 2.45) is 0 Å². The van der Waals surface area contributed by atoms with Crippen LogP contribution in [0.4, 0.5) is 0 Å². The summed E-state index contributed by atoms with van der Waals surface area (Å²) in [5, 5.41) is 7.16. The molecule has 0 amide bonds. The normalized spacial score (nSPS) is 19.5. The van der Waals surface area contributed by atoms with Crippen molar-refractivity contribution in [3.63, 3.8) is 0 Å². The summed E-state index contributed by atoms with van der Waals surface area (Å²) in [7, 11) is 0. The van der Waals surface area contributed by atoms with E-state index in [-0.39, 0.29) is 6.10 Å². The Hall–Kier alpha value is -3.03. The molecular formula is C29H23OPS. The molecule has 0 saturated carbocycles. The van der Waals surface area contributed by atoms with E-state index in [2.05, 4.69) is 133 Å². The number of rotatable bonds is 4. The maximum atomic E-state index is 7.65. The standard InChI is InChI=1S/C29H23OPS/c1-4-13-23(14-5-1)31(24-15-6-2-7-16-24,25-17-8-3-9-18-25)27-20-11-10-19-26(27)29(30-31)28-21-12-22-32-28/h1-22,29H. The number of hydrogen-bond acceptors (Lipinski definition) is 2. The van der Waals surface area contributed by atoms with Crippen molar-refractivity contribution in [3.05, 3.63) is 143 Å². The molecule has 5 aromatic rings. The molecule has 0 spiro atoms. The van der Waals surface area contributed by atoms with E-state index in [4.69, 9.17) is 4.52 Å². The second-order valence-corrected chi connectivity index (χ2v) is 13.4. The Labute approximate surface area is 193 Å². The first-order valence-corrected chi connectivity index (χ1v) is 13.9. The van der Waals surface area contributed by atoms with Crippen LogP contribution in [0.2, 0.25) is 0 Å². The van der Waals surface area contributed by atoms with Crippen LogP contribution in [0, 0.1) is 0 Å². The summed E-state index contributed by atoms with van der Waals surface area (Å²) in [6, 6.07) is 45.8. The van der Waals surface area contributed by atoms with Gasteiger partial charge in [0, 0.05) is 0 Å². The third-order valence-corrected chi connectivity index (χ3v) is 13.3. The first kappa shape index (κ1) is 19.6. The van der Waals surface area contributed by atoms with Crippen molar-refractivity contribution < 1.29 is 4.52 Å². The van der Waals surface area contributed by atoms with Gasteiger partial charge in [0.05, 0.1) is 0 Å². The van der Waals surface area contributed by atoms with Gasteiger partial charge in [0.2, 0.25) is 0 Å². The fraction of sp³-hybridized carbons (Fsp3) is 0.0345. The topological polar surface area (TPSA) is 9.23 Å². The van der Waals surface area contributed by atoms with Crippen molar-refractivity contribution in [3.8, 4) is 0 Å². The summed E-state index contributed by atoms with van der Waals surface area (Å²) >= 11 is 1.76. The van der Waals surface area contributed by atoms with Crippen LogP contribution in [0.1, 0.15) is 16.5 Å². The Balaban J connectivity index is 1.84. The van der Waals surface area contributed by atoms with Crippen LogP contribution in [-0.2, 0) is 4.52 Å². The van der Waals surface area contributed by atoms with Crippen LogP contribution in [0.25, 0.3) is 0 Å². The van der Waals surface area contributed by atoms with Gasteiger partial charge in [-0.15, -0.1) is 0 Å². The van der Waals surface area contributed by atoms with E-state index >= 15 is 0 Å². The van der Waals surface area contributed by atoms with Gasteiger partial charge in [-0.25, -0.2) is 0 Å². The fourth-order valence-electron chi connectivity index (χ4n) is 5.25. The van der Waals surface area contributed by atoms with E-state index in [1.54, 1.807) is 11.3 Å². The maximum absolute atomic E-state index is 7.65. The monoisotopic (exact) mass is 450 g/mol. The minimum atomic E-state index is -3.47. The molecule has 1 aliphatic heterocycles. The molecule has 0 aliphatic carbocycles. The van der Waals surface area contributed by atoms with Gasteiger partial charge in [-0.1, -0.05) is 0 Å². The summed E-state index contributed by atoms with van der Waals surface area (Å²) in [6.07, 6.45) is -0.107. The van der Waals surface area contributed by atoms with Crippen LogP contribution in [0.5, 0.6) is 0 Å². The molecule has 0 radical (unpaired) electrons. The molecule has 1 aromatic heterocycles. The minimum absolute atomic E-state index is 0.107. The molecule has 0 saturated heterocycles. The van der Waals surface area contributed by atoms with Crippen LogP contribution in [-0.4, -0.2) is 0 Å². The molecule has 0 fully saturated rings. The van der Waals surface area contributed by atoms with Crippen LogP contribution in [0.3, 0.4) is 0 Å². The molecule has 1 unspecified atom stereocenters. The van der Waals surface area contributed by atoms with Gasteiger partial charge in [-0.05, 0) is 0 Å². The van der Waals surface area contributed by atoms with Gasteiger partial charge in [-0.3, -0.25) is 0 Å². The van der Waals surface area contributed by atoms with E-state index in [1.807, 2.05) is 0 Å². The average molecular weight is 451 g/mol. The summed E-state index contributed by atoms with van der Waals surface area (Å²) in [6.45, 7) is -3.47. The Morgan fingerprint density at radius 2 is 1.03 bits per heavy atom. The second kappa shape index (κ2) is 7.53. The quantitative estimate of drug-likeness (QED) is 0.308. The molecule has 32 heavy (non-hydrogen) atoms. The van der Waals surface area contributed by atoms with Gasteiger partial charge in [0.15, 0.2) is 0 Å². The molecule has 3 heteroatoms. The Morgan fingerprint density at radius 1 is 0.531 bits per heavy atom. The number of fused-ring (bicyclic) bond motifs is 1. The van der Waals surface area contributed by atoms with Crippen molar-refractivity contribution >= 4 is 39.4 Å². The van der Waals surface area contributed by atoms with E-state index in [0.29, 0.717) is 0 Å². The van der Waals surface area contributed by atoms with E-state index in [0.717, 1.165) is 0 Å². The van der Waals surface area contributed by atoms with E-state index < -0.39 is 6.83 Å². The zero-order valence-corrected chi connectivity index (χ0v) is 19.3. The zero-order chi connectivity index (χ0) is 21.5. The van der Waals surface area contributed by atoms with Crippen molar-refractivity contribution in [1.29, 1.82) is 0 Å². The van der Waals surface area contributed by atoms with Gasteiger partial charge in [0.1, 0.15) is 0 Å². The molecule has 0 bridgehead atoms. The predicted molar refractivity (Wildman–Crippen MR) is 138 cm³/mol. The fourth-order valence-corrected chi connectivity index (χ4v) is 12.2. The molecular weight excluding hydrogens is 427 g/mol. The molecule has 1 nitrogen and oxygen atoms in total. The molecule has 6 rings (SSSR count). The van der Waals surface area contributed by atoms with Crippen molar-refractivity contribution in [2.75, 3.05) is 0 Å². The number of benzene rings is 4. The van der Waals surface area contributed by atoms with Gasteiger partial charge in [-0.2, -0.15) is 0 Å². The Morgan fingerprint density at radius 3 is 1.53 bits per heavy atom. The molecule has 4 aromatic carbocycles. The van der Waals surface area contributed by atoms with Crippen LogP contribution >= 0.6 is 18.2 Å². The van der Waals surface area contributed by atoms with Gasteiger partial charge >= 0.3 is 193 Å². The number of thiophene rings is 1. The van der Waals surface area contributed by atoms with Crippen LogP contribution in [0.15, 0.2) is 133 Å². The van der Waals surface area contributed by atoms with E-state index in [1.165, 1.54) is 31.7 Å². The molecule has 0 N–H and O–H groups in total. The third kappa shape index (κ3) is 2.52. The van der Waals surface area contributed by atoms with Crippen LogP contribution < -0.4 is 21.2 Å². The van der Waals surface area contributed by atoms with E-state index in [9.17, 15) is 0 Å². The van der Waals surface area contributed by atoms with Crippen molar-refractivity contribution in [1.82, 2.24) is 0 Å². The third-order valence-electron chi connectivity index (χ3n) is 6.54. The molecule has 156 valence electrons. The summed E-state index contributed by atoms with van der Waals surface area (Å²) in [5.74, 6) is 0. The second-order valence-electron chi connectivity index (χ2n) is 8.10. The summed E-state index contributed by atoms with van der Waals surface area (Å²) in [5.41, 5.74) is 1.27. The molecule has 1 aliphatic rings. The first-order chi connectivity index (χ1) is 15.8. The first-order valence-electron chi connectivity index (χ1n) is 10.8. The average Bonchev–Trinajstić information content (AvgIpc) is 3.52. The SMILES string of the molecule is c1ccc(P2(c3ccccc3)(c3ccccc3)OC(c3cccs3)c3ccccc32)cc1. The van der Waals surface area contributed by atoms with Gasteiger partial charge < -0.3 is 0 Å². The Bertz CT molecular complexity index is 1250. The van der Waals surface area contributed by atoms with Crippen molar-refractivity contribution in [2.45, 2.75) is 6.10 Å². The summed E-state index contributed by atoms with van der Waals surface area (Å²) in [4.78, 5) is 1.24. The Kier molecular flexibility index (Phi) is 4.62.